The Morgan fingerprint density at radius 3 is 2.65 bits per heavy atom. The zero-order valence-electron chi connectivity index (χ0n) is 10.3. The van der Waals surface area contributed by atoms with E-state index in [1.165, 1.54) is 12.1 Å². The zero-order valence-corrected chi connectivity index (χ0v) is 10.3. The highest BCUT2D eigenvalue weighted by Gasteiger charge is 2.24. The van der Waals surface area contributed by atoms with E-state index in [0.29, 0.717) is 12.6 Å². The molecule has 17 heavy (non-hydrogen) atoms. The van der Waals surface area contributed by atoms with Crippen molar-refractivity contribution in [3.8, 4) is 0 Å². The topological polar surface area (TPSA) is 32.5 Å². The number of nitrogens with two attached hydrogens (primary N) is 1. The van der Waals surface area contributed by atoms with Crippen LogP contribution in [0.1, 0.15) is 6.42 Å². The maximum absolute atomic E-state index is 12.9. The Bertz CT molecular complexity index is 352. The predicted molar refractivity (Wildman–Crippen MR) is 68.7 cm³/mol. The Kier molecular flexibility index (Phi) is 3.97. The van der Waals surface area contributed by atoms with Crippen molar-refractivity contribution in [2.45, 2.75) is 12.5 Å². The number of nitrogens with zero attached hydrogens (tertiary/aromatic N) is 2. The summed E-state index contributed by atoms with van der Waals surface area (Å²) in [7, 11) is 2.13. The van der Waals surface area contributed by atoms with Crippen LogP contribution in [0.2, 0.25) is 0 Å². The first-order chi connectivity index (χ1) is 8.20. The second-order valence-corrected chi connectivity index (χ2v) is 4.66. The molecular weight excluding hydrogens is 217 g/mol. The second-order valence-electron chi connectivity index (χ2n) is 4.66. The van der Waals surface area contributed by atoms with Gasteiger partial charge in [-0.25, -0.2) is 4.39 Å². The van der Waals surface area contributed by atoms with Crippen LogP contribution >= 0.6 is 0 Å². The molecule has 0 radical (unpaired) electrons. The van der Waals surface area contributed by atoms with Crippen LogP contribution in [-0.2, 0) is 0 Å². The van der Waals surface area contributed by atoms with Gasteiger partial charge in [-0.2, -0.15) is 0 Å². The Morgan fingerprint density at radius 2 is 2.00 bits per heavy atom. The number of hydrogen-bond acceptors (Lipinski definition) is 3. The summed E-state index contributed by atoms with van der Waals surface area (Å²) < 4.78 is 12.9. The summed E-state index contributed by atoms with van der Waals surface area (Å²) in [6, 6.07) is 7.18. The lowest BCUT2D eigenvalue weighted by Gasteiger charge is -2.41. The predicted octanol–water partition coefficient (Wildman–Crippen LogP) is 1.29. The van der Waals surface area contributed by atoms with E-state index < -0.39 is 0 Å². The zero-order chi connectivity index (χ0) is 12.3. The molecule has 0 aliphatic carbocycles. The molecule has 1 unspecified atom stereocenters. The molecule has 1 fully saturated rings. The van der Waals surface area contributed by atoms with Gasteiger partial charge < -0.3 is 15.5 Å². The fourth-order valence-electron chi connectivity index (χ4n) is 2.42. The van der Waals surface area contributed by atoms with E-state index in [0.717, 1.165) is 31.7 Å². The quantitative estimate of drug-likeness (QED) is 0.860. The standard InChI is InChI=1S/C13H20FN3/c1-16-8-9-17(13(10-16)6-7-15)12-4-2-11(14)3-5-12/h2-5,13H,6-10,15H2,1H3. The first-order valence-electron chi connectivity index (χ1n) is 6.11. The van der Waals surface area contributed by atoms with Gasteiger partial charge in [-0.05, 0) is 44.3 Å². The van der Waals surface area contributed by atoms with E-state index >= 15 is 0 Å². The van der Waals surface area contributed by atoms with Crippen molar-refractivity contribution in [2.24, 2.45) is 5.73 Å². The van der Waals surface area contributed by atoms with Gasteiger partial charge in [-0.3, -0.25) is 0 Å². The molecule has 0 spiro atoms. The van der Waals surface area contributed by atoms with Crippen molar-refractivity contribution in [3.63, 3.8) is 0 Å². The third-order valence-electron chi connectivity index (χ3n) is 3.34. The average Bonchev–Trinajstić information content (AvgIpc) is 2.31. The van der Waals surface area contributed by atoms with Gasteiger partial charge in [0, 0.05) is 31.4 Å². The van der Waals surface area contributed by atoms with Gasteiger partial charge in [0.25, 0.3) is 0 Å². The molecule has 0 bridgehead atoms. The summed E-state index contributed by atoms with van der Waals surface area (Å²) in [5.41, 5.74) is 6.76. The van der Waals surface area contributed by atoms with Crippen LogP contribution in [0.25, 0.3) is 0 Å². The largest absolute Gasteiger partial charge is 0.366 e. The fraction of sp³-hybridized carbons (Fsp3) is 0.538. The molecule has 4 heteroatoms. The van der Waals surface area contributed by atoms with Gasteiger partial charge >= 0.3 is 0 Å². The van der Waals surface area contributed by atoms with Crippen molar-refractivity contribution >= 4 is 5.69 Å². The summed E-state index contributed by atoms with van der Waals surface area (Å²) in [6.45, 7) is 3.73. The number of rotatable bonds is 3. The van der Waals surface area contributed by atoms with Crippen molar-refractivity contribution in [1.29, 1.82) is 0 Å². The van der Waals surface area contributed by atoms with Crippen LogP contribution in [0.15, 0.2) is 24.3 Å². The highest BCUT2D eigenvalue weighted by atomic mass is 19.1. The molecule has 1 aromatic carbocycles. The summed E-state index contributed by atoms with van der Waals surface area (Å²) in [6.07, 6.45) is 0.974. The number of hydrogen-bond donors (Lipinski definition) is 1. The third kappa shape index (κ3) is 2.96. The van der Waals surface area contributed by atoms with Crippen LogP contribution in [0.5, 0.6) is 0 Å². The molecule has 1 heterocycles. The number of piperazine rings is 1. The summed E-state index contributed by atoms with van der Waals surface area (Å²) in [4.78, 5) is 4.66. The molecular formula is C13H20FN3. The number of benzene rings is 1. The second kappa shape index (κ2) is 5.47. The van der Waals surface area contributed by atoms with Gasteiger partial charge in [0.05, 0.1) is 0 Å². The Hall–Kier alpha value is -1.13. The van der Waals surface area contributed by atoms with Crippen LogP contribution < -0.4 is 10.6 Å². The molecule has 0 amide bonds. The SMILES string of the molecule is CN1CCN(c2ccc(F)cc2)C(CCN)C1. The van der Waals surface area contributed by atoms with E-state index in [2.05, 4.69) is 16.8 Å². The lowest BCUT2D eigenvalue weighted by atomic mass is 10.1. The molecule has 0 saturated carbocycles. The van der Waals surface area contributed by atoms with Gasteiger partial charge in [-0.1, -0.05) is 0 Å². The third-order valence-corrected chi connectivity index (χ3v) is 3.34. The van der Waals surface area contributed by atoms with Gasteiger partial charge in [-0.15, -0.1) is 0 Å². The number of anilines is 1. The van der Waals surface area contributed by atoms with Crippen LogP contribution in [0, 0.1) is 5.82 Å². The number of halogens is 1. The molecule has 0 aromatic heterocycles. The lowest BCUT2D eigenvalue weighted by Crippen LogP contribution is -2.52. The van der Waals surface area contributed by atoms with E-state index in [9.17, 15) is 4.39 Å². The molecule has 1 aliphatic rings. The van der Waals surface area contributed by atoms with Crippen LogP contribution in [0.4, 0.5) is 10.1 Å². The van der Waals surface area contributed by atoms with Gasteiger partial charge in [0.1, 0.15) is 5.82 Å². The van der Waals surface area contributed by atoms with E-state index in [1.54, 1.807) is 0 Å². The van der Waals surface area contributed by atoms with Crippen molar-refractivity contribution in [1.82, 2.24) is 4.90 Å². The van der Waals surface area contributed by atoms with E-state index in [-0.39, 0.29) is 5.82 Å². The van der Waals surface area contributed by atoms with E-state index in [1.807, 2.05) is 12.1 Å². The Labute approximate surface area is 102 Å². The van der Waals surface area contributed by atoms with Crippen LogP contribution in [0.3, 0.4) is 0 Å². The maximum Gasteiger partial charge on any atom is 0.123 e. The van der Waals surface area contributed by atoms with Crippen molar-refractivity contribution < 1.29 is 4.39 Å². The summed E-state index contributed by atoms with van der Waals surface area (Å²) in [5.74, 6) is -0.182. The normalized spacial score (nSPS) is 21.8. The van der Waals surface area contributed by atoms with Gasteiger partial charge in [0.2, 0.25) is 0 Å². The Morgan fingerprint density at radius 1 is 1.29 bits per heavy atom. The molecule has 3 nitrogen and oxygen atoms in total. The van der Waals surface area contributed by atoms with Crippen molar-refractivity contribution in [3.05, 3.63) is 30.1 Å². The smallest absolute Gasteiger partial charge is 0.123 e. The molecule has 1 atom stereocenters. The highest BCUT2D eigenvalue weighted by Crippen LogP contribution is 2.21. The molecule has 2 N–H and O–H groups in total. The first-order valence-corrected chi connectivity index (χ1v) is 6.11. The van der Waals surface area contributed by atoms with Crippen LogP contribution in [-0.4, -0.2) is 44.2 Å². The molecule has 1 aromatic rings. The highest BCUT2D eigenvalue weighted by molar-refractivity contribution is 5.48. The monoisotopic (exact) mass is 237 g/mol. The minimum Gasteiger partial charge on any atom is -0.366 e. The van der Waals surface area contributed by atoms with E-state index in [4.69, 9.17) is 5.73 Å². The fourth-order valence-corrected chi connectivity index (χ4v) is 2.42. The minimum atomic E-state index is -0.182. The van der Waals surface area contributed by atoms with Gasteiger partial charge in [0.15, 0.2) is 0 Å². The summed E-state index contributed by atoms with van der Waals surface area (Å²) >= 11 is 0. The van der Waals surface area contributed by atoms with Crippen molar-refractivity contribution in [2.75, 3.05) is 38.1 Å². The number of likely N-dealkylation sites (N-methyl/N-ethyl adjacent to an activating group) is 1. The summed E-state index contributed by atoms with van der Waals surface area (Å²) in [5, 5.41) is 0. The Balaban J connectivity index is 2.14. The lowest BCUT2D eigenvalue weighted by molar-refractivity contribution is 0.262. The maximum atomic E-state index is 12.9. The molecule has 1 aliphatic heterocycles. The minimum absolute atomic E-state index is 0.182. The average molecular weight is 237 g/mol. The molecule has 1 saturated heterocycles. The molecule has 94 valence electrons. The first kappa shape index (κ1) is 12.3. The molecule has 2 rings (SSSR count).